The van der Waals surface area contributed by atoms with Crippen LogP contribution in [0, 0.1) is 5.92 Å². The summed E-state index contributed by atoms with van der Waals surface area (Å²) in [5.41, 5.74) is 3.04. The molecule has 0 aromatic carbocycles. The van der Waals surface area contributed by atoms with E-state index in [2.05, 4.69) is 10.5 Å². The maximum Gasteiger partial charge on any atom is 0.354 e. The van der Waals surface area contributed by atoms with Crippen molar-refractivity contribution >= 4 is 11.7 Å². The van der Waals surface area contributed by atoms with E-state index in [9.17, 15) is 4.79 Å². The zero-order chi connectivity index (χ0) is 9.84. The number of hydrogen-bond acceptors (Lipinski definition) is 5. The molecule has 0 aromatic heterocycles. The van der Waals surface area contributed by atoms with Crippen molar-refractivity contribution in [2.45, 2.75) is 19.9 Å². The number of aliphatic hydroxyl groups is 1. The molecule has 0 aliphatic carbocycles. The second kappa shape index (κ2) is 4.23. The Bertz CT molecular complexity index is 227. The lowest BCUT2D eigenvalue weighted by molar-refractivity contribution is -0.135. The summed E-state index contributed by atoms with van der Waals surface area (Å²) in [6, 6.07) is -0.167. The van der Waals surface area contributed by atoms with E-state index in [4.69, 9.17) is 9.84 Å². The number of nitrogens with zero attached hydrogens (tertiary/aromatic N) is 1. The smallest absolute Gasteiger partial charge is 0.354 e. The molecule has 5 nitrogen and oxygen atoms in total. The van der Waals surface area contributed by atoms with Crippen molar-refractivity contribution in [1.29, 1.82) is 0 Å². The number of ether oxygens (including phenoxy) is 1. The molecule has 1 aliphatic rings. The normalized spacial score (nSPS) is 26.5. The number of esters is 1. The van der Waals surface area contributed by atoms with E-state index < -0.39 is 5.97 Å². The van der Waals surface area contributed by atoms with Crippen LogP contribution in [-0.4, -0.2) is 36.0 Å². The van der Waals surface area contributed by atoms with Crippen LogP contribution in [0.15, 0.2) is 5.10 Å². The Labute approximate surface area is 76.8 Å². The van der Waals surface area contributed by atoms with Gasteiger partial charge in [0.1, 0.15) is 5.71 Å². The summed E-state index contributed by atoms with van der Waals surface area (Å²) in [6.45, 7) is 3.88. The van der Waals surface area contributed by atoms with Gasteiger partial charge in [0, 0.05) is 5.92 Å². The van der Waals surface area contributed by atoms with Crippen molar-refractivity contribution in [3.05, 3.63) is 0 Å². The van der Waals surface area contributed by atoms with Gasteiger partial charge in [0.15, 0.2) is 0 Å². The third-order valence-corrected chi connectivity index (χ3v) is 2.07. The van der Waals surface area contributed by atoms with Crippen LogP contribution in [0.2, 0.25) is 0 Å². The average molecular weight is 186 g/mol. The van der Waals surface area contributed by atoms with Gasteiger partial charge in [-0.2, -0.15) is 5.10 Å². The van der Waals surface area contributed by atoms with Crippen LogP contribution in [0.3, 0.4) is 0 Å². The van der Waals surface area contributed by atoms with Crippen LogP contribution in [0.1, 0.15) is 13.8 Å². The maximum absolute atomic E-state index is 11.2. The number of nitrogens with one attached hydrogen (secondary N) is 1. The quantitative estimate of drug-likeness (QED) is 0.583. The van der Waals surface area contributed by atoms with Gasteiger partial charge >= 0.3 is 5.97 Å². The minimum absolute atomic E-state index is 0.0342. The van der Waals surface area contributed by atoms with E-state index in [0.717, 1.165) is 0 Å². The van der Waals surface area contributed by atoms with Crippen molar-refractivity contribution in [3.8, 4) is 0 Å². The number of hydrazone groups is 1. The van der Waals surface area contributed by atoms with E-state index >= 15 is 0 Å². The molecule has 2 N–H and O–H groups in total. The molecule has 2 atom stereocenters. The summed E-state index contributed by atoms with van der Waals surface area (Å²) in [7, 11) is 0. The highest BCUT2D eigenvalue weighted by Crippen LogP contribution is 2.12. The monoisotopic (exact) mass is 186 g/mol. The summed E-state index contributed by atoms with van der Waals surface area (Å²) >= 11 is 0. The van der Waals surface area contributed by atoms with Gasteiger partial charge in [-0.1, -0.05) is 6.92 Å². The number of rotatable bonds is 3. The Hall–Kier alpha value is -1.10. The molecule has 5 heteroatoms. The van der Waals surface area contributed by atoms with Crippen molar-refractivity contribution in [1.82, 2.24) is 5.43 Å². The molecule has 0 saturated carbocycles. The lowest BCUT2D eigenvalue weighted by Gasteiger charge is -2.12. The first-order valence-electron chi connectivity index (χ1n) is 4.31. The fourth-order valence-corrected chi connectivity index (χ4v) is 1.19. The number of aliphatic hydroxyl groups excluding tert-OH is 1. The van der Waals surface area contributed by atoms with Gasteiger partial charge in [-0.3, -0.25) is 0 Å². The fourth-order valence-electron chi connectivity index (χ4n) is 1.19. The highest BCUT2D eigenvalue weighted by molar-refractivity contribution is 6.37. The molecule has 1 aliphatic heterocycles. The molecule has 13 heavy (non-hydrogen) atoms. The summed E-state index contributed by atoms with van der Waals surface area (Å²) in [6.07, 6.45) is 0. The highest BCUT2D eigenvalue weighted by Gasteiger charge is 2.32. The van der Waals surface area contributed by atoms with Gasteiger partial charge in [-0.05, 0) is 6.92 Å². The fraction of sp³-hybridized carbons (Fsp3) is 0.750. The summed E-state index contributed by atoms with van der Waals surface area (Å²) in [5, 5.41) is 12.7. The largest absolute Gasteiger partial charge is 0.461 e. The van der Waals surface area contributed by atoms with Crippen LogP contribution in [0.5, 0.6) is 0 Å². The molecule has 1 rings (SSSR count). The molecule has 0 unspecified atom stereocenters. The standard InChI is InChI=1S/C8H14N2O3/c1-3-13-8(12)7-5(2)6(4-11)9-10-7/h5-6,9,11H,3-4H2,1-2H3/t5-,6+/m0/s1. The SMILES string of the molecule is CCOC(=O)C1=NN[C@H](CO)[C@@H]1C. The zero-order valence-corrected chi connectivity index (χ0v) is 7.78. The lowest BCUT2D eigenvalue weighted by Crippen LogP contribution is -2.33. The predicted molar refractivity (Wildman–Crippen MR) is 47.2 cm³/mol. The molecule has 1 heterocycles. The van der Waals surface area contributed by atoms with E-state index in [1.165, 1.54) is 0 Å². The topological polar surface area (TPSA) is 70.9 Å². The number of carbonyl (C=O) groups is 1. The van der Waals surface area contributed by atoms with Crippen molar-refractivity contribution in [3.63, 3.8) is 0 Å². The average Bonchev–Trinajstić information content (AvgIpc) is 2.47. The maximum atomic E-state index is 11.2. The van der Waals surface area contributed by atoms with Crippen LogP contribution in [-0.2, 0) is 9.53 Å². The third kappa shape index (κ3) is 1.98. The Kier molecular flexibility index (Phi) is 3.25. The first-order valence-corrected chi connectivity index (χ1v) is 4.31. The van der Waals surface area contributed by atoms with Crippen LogP contribution < -0.4 is 5.43 Å². The molecule has 0 amide bonds. The second-order valence-corrected chi connectivity index (χ2v) is 2.92. The Morgan fingerprint density at radius 3 is 2.92 bits per heavy atom. The molecular formula is C8H14N2O3. The first kappa shape index (κ1) is 9.98. The third-order valence-electron chi connectivity index (χ3n) is 2.07. The van der Waals surface area contributed by atoms with Gasteiger partial charge in [0.2, 0.25) is 0 Å². The van der Waals surface area contributed by atoms with E-state index in [1.54, 1.807) is 6.92 Å². The molecule has 0 radical (unpaired) electrons. The summed E-state index contributed by atoms with van der Waals surface area (Å²) < 4.78 is 4.80. The van der Waals surface area contributed by atoms with E-state index in [0.29, 0.717) is 12.3 Å². The number of hydrogen-bond donors (Lipinski definition) is 2. The molecule has 0 bridgehead atoms. The van der Waals surface area contributed by atoms with Gasteiger partial charge in [0.25, 0.3) is 0 Å². The van der Waals surface area contributed by atoms with Crippen LogP contribution in [0.4, 0.5) is 0 Å². The molecule has 0 aromatic rings. The van der Waals surface area contributed by atoms with Gasteiger partial charge in [0.05, 0.1) is 19.3 Å². The van der Waals surface area contributed by atoms with Crippen molar-refractivity contribution < 1.29 is 14.6 Å². The molecule has 0 saturated heterocycles. The highest BCUT2D eigenvalue weighted by atomic mass is 16.5. The lowest BCUT2D eigenvalue weighted by atomic mass is 9.99. The molecular weight excluding hydrogens is 172 g/mol. The zero-order valence-electron chi connectivity index (χ0n) is 7.78. The van der Waals surface area contributed by atoms with Gasteiger partial charge in [-0.25, -0.2) is 4.79 Å². The summed E-state index contributed by atoms with van der Waals surface area (Å²) in [5.74, 6) is -0.498. The van der Waals surface area contributed by atoms with Crippen LogP contribution in [0.25, 0.3) is 0 Å². The molecule has 0 fully saturated rings. The predicted octanol–water partition coefficient (Wildman–Crippen LogP) is -0.494. The number of carbonyl (C=O) groups excluding carboxylic acids is 1. The van der Waals surface area contributed by atoms with Crippen molar-refractivity contribution in [2.24, 2.45) is 11.0 Å². The van der Waals surface area contributed by atoms with E-state index in [-0.39, 0.29) is 18.6 Å². The minimum atomic E-state index is -0.404. The molecule has 0 spiro atoms. The van der Waals surface area contributed by atoms with E-state index in [1.807, 2.05) is 6.92 Å². The minimum Gasteiger partial charge on any atom is -0.461 e. The Morgan fingerprint density at radius 1 is 1.77 bits per heavy atom. The van der Waals surface area contributed by atoms with Crippen LogP contribution >= 0.6 is 0 Å². The Balaban J connectivity index is 2.57. The first-order chi connectivity index (χ1) is 6.20. The molecule has 74 valence electrons. The van der Waals surface area contributed by atoms with Gasteiger partial charge in [-0.15, -0.1) is 0 Å². The van der Waals surface area contributed by atoms with Crippen molar-refractivity contribution in [2.75, 3.05) is 13.2 Å². The Morgan fingerprint density at radius 2 is 2.46 bits per heavy atom. The van der Waals surface area contributed by atoms with Gasteiger partial charge < -0.3 is 15.3 Å². The summed E-state index contributed by atoms with van der Waals surface area (Å²) in [4.78, 5) is 11.2. The second-order valence-electron chi connectivity index (χ2n) is 2.92.